The van der Waals surface area contributed by atoms with E-state index in [4.69, 9.17) is 0 Å². The zero-order valence-electron chi connectivity index (χ0n) is 25.5. The lowest BCUT2D eigenvalue weighted by Gasteiger charge is -2.39. The first-order chi connectivity index (χ1) is 20.9. The van der Waals surface area contributed by atoms with Crippen LogP contribution in [-0.2, 0) is 17.8 Å². The highest BCUT2D eigenvalue weighted by molar-refractivity contribution is 5.92. The highest BCUT2D eigenvalue weighted by atomic mass is 16.3. The van der Waals surface area contributed by atoms with Crippen molar-refractivity contribution in [3.8, 4) is 11.5 Å². The highest BCUT2D eigenvalue weighted by Gasteiger charge is 2.31. The molecule has 2 bridgehead atoms. The maximum Gasteiger partial charge on any atom is 0.228 e. The summed E-state index contributed by atoms with van der Waals surface area (Å²) in [4.78, 5) is 12.5. The van der Waals surface area contributed by atoms with Crippen LogP contribution in [0.15, 0.2) is 42.5 Å². The number of aromatic hydroxyl groups is 2. The molecule has 3 saturated heterocycles. The molecule has 0 atom stereocenters. The number of phenolic OH excluding ortho intramolecular Hbond substituents is 2. The number of nitrogens with one attached hydrogen (secondary N) is 9. The second-order valence-electron chi connectivity index (χ2n) is 11.8. The fraction of sp³-hybridized carbons (Fsp3) is 0.581. The van der Waals surface area contributed by atoms with Gasteiger partial charge in [-0.3, -0.25) is 4.79 Å². The summed E-state index contributed by atoms with van der Waals surface area (Å²) in [6.45, 7) is 14.2. The van der Waals surface area contributed by atoms with Gasteiger partial charge in [0.15, 0.2) is 11.5 Å². The van der Waals surface area contributed by atoms with E-state index in [0.29, 0.717) is 17.8 Å². The van der Waals surface area contributed by atoms with Crippen molar-refractivity contribution in [2.75, 3.05) is 90.4 Å². The van der Waals surface area contributed by atoms with E-state index in [2.05, 4.69) is 54.8 Å². The molecule has 3 heterocycles. The van der Waals surface area contributed by atoms with Crippen molar-refractivity contribution >= 4 is 11.6 Å². The molecule has 3 fully saturated rings. The molecule has 43 heavy (non-hydrogen) atoms. The third-order valence-corrected chi connectivity index (χ3v) is 8.08. The monoisotopic (exact) mass is 597 g/mol. The quantitative estimate of drug-likeness (QED) is 0.170. The summed E-state index contributed by atoms with van der Waals surface area (Å²) in [5.41, 5.74) is 2.22. The maximum absolute atomic E-state index is 12.5. The summed E-state index contributed by atoms with van der Waals surface area (Å²) in [6, 6.07) is 12.3. The SMILES string of the molecule is CCNC12CNCCNCC(NCc3ccc(NC(=O)Cc4ccc(O)c(O)c4)cc3)(CNCCNC1)CNCCNC2. The Morgan fingerprint density at radius 2 is 1.14 bits per heavy atom. The lowest BCUT2D eigenvalue weighted by Crippen LogP contribution is -2.66. The Hall–Kier alpha value is -2.81. The number of carbonyl (C=O) groups excluding carboxylic acids is 1. The number of carbonyl (C=O) groups is 1. The van der Waals surface area contributed by atoms with E-state index in [9.17, 15) is 15.0 Å². The molecule has 12 heteroatoms. The van der Waals surface area contributed by atoms with Crippen molar-refractivity contribution in [3.63, 3.8) is 0 Å². The number of amides is 1. The van der Waals surface area contributed by atoms with Crippen LogP contribution in [0.1, 0.15) is 18.1 Å². The standard InChI is InChI=1S/C31H51N9O3/c1-2-38-30-18-32-9-12-35-21-31(22-36-13-10-33-19-30,23-37-14-11-34-20-30)39-17-24-3-6-26(7-4-24)40-29(43)16-25-5-8-27(41)28(42)15-25/h3-8,15,32-39,41-42H,2,9-14,16-23H2,1H3,(H,40,43). The number of benzene rings is 2. The normalized spacial score (nSPS) is 24.6. The van der Waals surface area contributed by atoms with Gasteiger partial charge in [-0.05, 0) is 41.9 Å². The maximum atomic E-state index is 12.5. The van der Waals surface area contributed by atoms with Crippen molar-refractivity contribution in [1.29, 1.82) is 0 Å². The molecule has 2 aromatic carbocycles. The van der Waals surface area contributed by atoms with E-state index >= 15 is 0 Å². The third-order valence-electron chi connectivity index (χ3n) is 8.08. The molecule has 12 nitrogen and oxygen atoms in total. The predicted molar refractivity (Wildman–Crippen MR) is 172 cm³/mol. The smallest absolute Gasteiger partial charge is 0.228 e. The van der Waals surface area contributed by atoms with Crippen molar-refractivity contribution in [3.05, 3.63) is 53.6 Å². The van der Waals surface area contributed by atoms with Crippen LogP contribution < -0.4 is 47.9 Å². The third kappa shape index (κ3) is 10.7. The van der Waals surface area contributed by atoms with Crippen LogP contribution in [0.4, 0.5) is 5.69 Å². The largest absolute Gasteiger partial charge is 0.504 e. The topological polar surface area (TPSA) is 166 Å². The Balaban J connectivity index is 1.36. The Labute approximate surface area is 255 Å². The molecule has 0 aromatic heterocycles. The van der Waals surface area contributed by atoms with Crippen molar-refractivity contribution in [2.24, 2.45) is 0 Å². The van der Waals surface area contributed by atoms with Crippen molar-refractivity contribution < 1.29 is 15.0 Å². The molecule has 0 spiro atoms. The molecular formula is C31H51N9O3. The molecule has 11 N–H and O–H groups in total. The first-order valence-corrected chi connectivity index (χ1v) is 15.5. The predicted octanol–water partition coefficient (Wildman–Crippen LogP) is -0.979. The Bertz CT molecular complexity index is 1090. The van der Waals surface area contributed by atoms with Crippen molar-refractivity contribution in [1.82, 2.24) is 42.5 Å². The molecule has 238 valence electrons. The molecule has 0 saturated carbocycles. The van der Waals surface area contributed by atoms with Crippen LogP contribution in [0, 0.1) is 0 Å². The van der Waals surface area contributed by atoms with Gasteiger partial charge in [0.1, 0.15) is 0 Å². The average Bonchev–Trinajstić information content (AvgIpc) is 2.99. The van der Waals surface area contributed by atoms with E-state index in [1.54, 1.807) is 6.07 Å². The van der Waals surface area contributed by atoms with Crippen LogP contribution in [0.25, 0.3) is 0 Å². The Morgan fingerprint density at radius 1 is 0.674 bits per heavy atom. The molecule has 0 unspecified atom stereocenters. The summed E-state index contributed by atoms with van der Waals surface area (Å²) in [5.74, 6) is -0.627. The molecule has 3 aliphatic heterocycles. The Morgan fingerprint density at radius 3 is 1.60 bits per heavy atom. The fourth-order valence-corrected chi connectivity index (χ4v) is 5.69. The van der Waals surface area contributed by atoms with E-state index in [1.807, 2.05) is 24.3 Å². The number of anilines is 1. The highest BCUT2D eigenvalue weighted by Crippen LogP contribution is 2.25. The molecule has 5 rings (SSSR count). The summed E-state index contributed by atoms with van der Waals surface area (Å²) in [7, 11) is 0. The van der Waals surface area contributed by atoms with Gasteiger partial charge in [-0.15, -0.1) is 0 Å². The zero-order valence-corrected chi connectivity index (χ0v) is 25.5. The van der Waals surface area contributed by atoms with E-state index in [-0.39, 0.29) is 34.9 Å². The molecule has 3 aliphatic rings. The number of hydrogen-bond donors (Lipinski definition) is 11. The lowest BCUT2D eigenvalue weighted by molar-refractivity contribution is -0.115. The number of phenols is 2. The van der Waals surface area contributed by atoms with Gasteiger partial charge >= 0.3 is 0 Å². The van der Waals surface area contributed by atoms with Gasteiger partial charge in [0.25, 0.3) is 0 Å². The minimum atomic E-state index is -0.233. The van der Waals surface area contributed by atoms with Gasteiger partial charge in [0.2, 0.25) is 5.91 Å². The molecule has 2 aromatic rings. The van der Waals surface area contributed by atoms with Crippen LogP contribution >= 0.6 is 0 Å². The average molecular weight is 598 g/mol. The Kier molecular flexibility index (Phi) is 13.0. The number of fused-ring (bicyclic) bond motifs is 15. The van der Waals surface area contributed by atoms with Gasteiger partial charge in [-0.2, -0.15) is 0 Å². The summed E-state index contributed by atoms with van der Waals surface area (Å²) < 4.78 is 0. The van der Waals surface area contributed by atoms with Crippen LogP contribution in [0.3, 0.4) is 0 Å². The van der Waals surface area contributed by atoms with Gasteiger partial charge in [-0.1, -0.05) is 25.1 Å². The van der Waals surface area contributed by atoms with Gasteiger partial charge in [-0.25, -0.2) is 0 Å². The van der Waals surface area contributed by atoms with Gasteiger partial charge in [0.05, 0.1) is 17.5 Å². The molecule has 0 radical (unpaired) electrons. The van der Waals surface area contributed by atoms with Crippen LogP contribution in [-0.4, -0.2) is 112 Å². The number of rotatable bonds is 8. The second kappa shape index (κ2) is 16.9. The minimum Gasteiger partial charge on any atom is -0.504 e. The van der Waals surface area contributed by atoms with Gasteiger partial charge < -0.3 is 58.1 Å². The van der Waals surface area contributed by atoms with E-state index in [0.717, 1.165) is 90.6 Å². The van der Waals surface area contributed by atoms with Crippen LogP contribution in [0.5, 0.6) is 11.5 Å². The van der Waals surface area contributed by atoms with E-state index < -0.39 is 0 Å². The molecule has 1 amide bonds. The first-order valence-electron chi connectivity index (χ1n) is 15.5. The summed E-state index contributed by atoms with van der Waals surface area (Å²) in [5, 5.41) is 51.8. The summed E-state index contributed by atoms with van der Waals surface area (Å²) >= 11 is 0. The molecular weight excluding hydrogens is 546 g/mol. The fourth-order valence-electron chi connectivity index (χ4n) is 5.69. The van der Waals surface area contributed by atoms with E-state index in [1.165, 1.54) is 12.1 Å². The first kappa shape index (κ1) is 33.1. The minimum absolute atomic E-state index is 0.0383. The number of hydrogen-bond acceptors (Lipinski definition) is 11. The second-order valence-corrected chi connectivity index (χ2v) is 11.8. The van der Waals surface area contributed by atoms with Crippen LogP contribution in [0.2, 0.25) is 0 Å². The summed E-state index contributed by atoms with van der Waals surface area (Å²) in [6.07, 6.45) is 0.101. The number of likely N-dealkylation sites (N-methyl/N-ethyl adjacent to an activating group) is 1. The molecule has 0 aliphatic carbocycles. The lowest BCUT2D eigenvalue weighted by atomic mass is 9.97. The van der Waals surface area contributed by atoms with Gasteiger partial charge in [0, 0.05) is 90.8 Å². The zero-order chi connectivity index (χ0) is 30.4. The van der Waals surface area contributed by atoms with Crippen molar-refractivity contribution in [2.45, 2.75) is 31.0 Å².